The quantitative estimate of drug-likeness (QED) is 0.768. The monoisotopic (exact) mass is 413 g/mol. The molecule has 2 fully saturated rings. The topological polar surface area (TPSA) is 90.3 Å². The minimum Gasteiger partial charge on any atom is -0.315 e. The van der Waals surface area contributed by atoms with Crippen LogP contribution < -0.4 is 5.32 Å². The standard InChI is InChI=1S/C22H27N3O3S/c1-12-5-6-13-14(10-23)18(29-16(13)9-12)24-17(26)11-25-19(27)15-7-8-22(4,20(25)28)21(15,2)3/h12,15H,5-9,11H2,1-4H3,(H,24,26). The van der Waals surface area contributed by atoms with Crippen LogP contribution in [0, 0.1) is 34.0 Å². The second-order valence-corrected chi connectivity index (χ2v) is 10.7. The summed E-state index contributed by atoms with van der Waals surface area (Å²) in [7, 11) is 0. The molecule has 2 heterocycles. The van der Waals surface area contributed by atoms with Gasteiger partial charge in [-0.3, -0.25) is 19.3 Å². The van der Waals surface area contributed by atoms with Crippen molar-refractivity contribution in [1.29, 1.82) is 5.26 Å². The van der Waals surface area contributed by atoms with Crippen LogP contribution in [0.1, 0.15) is 63.0 Å². The van der Waals surface area contributed by atoms with E-state index in [4.69, 9.17) is 0 Å². The Morgan fingerprint density at radius 2 is 2.03 bits per heavy atom. The van der Waals surface area contributed by atoms with Crippen LogP contribution in [0.25, 0.3) is 0 Å². The summed E-state index contributed by atoms with van der Waals surface area (Å²) in [4.78, 5) is 41.1. The number of carbonyl (C=O) groups excluding carboxylic acids is 3. The first-order valence-corrected chi connectivity index (χ1v) is 11.1. The second-order valence-electron chi connectivity index (χ2n) is 9.59. The Morgan fingerprint density at radius 1 is 1.31 bits per heavy atom. The van der Waals surface area contributed by atoms with Gasteiger partial charge in [0, 0.05) is 10.8 Å². The third-order valence-electron chi connectivity index (χ3n) is 7.69. The number of thiophene rings is 1. The SMILES string of the molecule is CC1CCc2c(sc(NC(=O)CN3C(=O)C4CCC(C)(C3=O)C4(C)C)c2C#N)C1. The van der Waals surface area contributed by atoms with Gasteiger partial charge in [0.15, 0.2) is 0 Å². The second kappa shape index (κ2) is 6.66. The average molecular weight is 414 g/mol. The molecule has 1 saturated carbocycles. The first-order valence-electron chi connectivity index (χ1n) is 10.3. The van der Waals surface area contributed by atoms with E-state index in [2.05, 4.69) is 18.3 Å². The van der Waals surface area contributed by atoms with E-state index in [9.17, 15) is 19.6 Å². The predicted molar refractivity (Wildman–Crippen MR) is 110 cm³/mol. The van der Waals surface area contributed by atoms with Crippen LogP contribution in [0.4, 0.5) is 5.00 Å². The van der Waals surface area contributed by atoms with Crippen molar-refractivity contribution >= 4 is 34.1 Å². The molecule has 1 aromatic heterocycles. The van der Waals surface area contributed by atoms with Crippen molar-refractivity contribution in [1.82, 2.24) is 4.90 Å². The molecular formula is C22H27N3O3S. The van der Waals surface area contributed by atoms with Crippen molar-refractivity contribution in [2.24, 2.45) is 22.7 Å². The number of nitrogens with one attached hydrogen (secondary N) is 1. The summed E-state index contributed by atoms with van der Waals surface area (Å²) >= 11 is 1.45. The van der Waals surface area contributed by atoms with Gasteiger partial charge in [0.1, 0.15) is 17.6 Å². The third kappa shape index (κ3) is 2.83. The maximum absolute atomic E-state index is 13.1. The van der Waals surface area contributed by atoms with Gasteiger partial charge in [-0.25, -0.2) is 0 Å². The zero-order chi connectivity index (χ0) is 21.1. The van der Waals surface area contributed by atoms with E-state index in [-0.39, 0.29) is 24.3 Å². The molecule has 4 rings (SSSR count). The Bertz CT molecular complexity index is 957. The summed E-state index contributed by atoms with van der Waals surface area (Å²) in [6, 6.07) is 2.23. The van der Waals surface area contributed by atoms with Crippen LogP contribution in [0.3, 0.4) is 0 Å². The van der Waals surface area contributed by atoms with Gasteiger partial charge >= 0.3 is 0 Å². The summed E-state index contributed by atoms with van der Waals surface area (Å²) in [5, 5.41) is 13.0. The number of nitriles is 1. The molecule has 3 aliphatic rings. The molecule has 1 N–H and O–H groups in total. The van der Waals surface area contributed by atoms with E-state index in [0.717, 1.165) is 34.6 Å². The zero-order valence-corrected chi connectivity index (χ0v) is 18.2. The minimum absolute atomic E-state index is 0.233. The number of hydrogen-bond donors (Lipinski definition) is 1. The van der Waals surface area contributed by atoms with Crippen molar-refractivity contribution in [3.8, 4) is 6.07 Å². The van der Waals surface area contributed by atoms with Gasteiger partial charge < -0.3 is 5.32 Å². The normalized spacial score (nSPS) is 30.1. The Balaban J connectivity index is 1.54. The van der Waals surface area contributed by atoms with Crippen LogP contribution in [-0.4, -0.2) is 29.2 Å². The third-order valence-corrected chi connectivity index (χ3v) is 8.86. The van der Waals surface area contributed by atoms with Crippen LogP contribution in [0.5, 0.6) is 0 Å². The molecule has 7 heteroatoms. The Kier molecular flexibility index (Phi) is 4.62. The van der Waals surface area contributed by atoms with Crippen LogP contribution in [-0.2, 0) is 27.2 Å². The number of nitrogens with zero attached hydrogens (tertiary/aromatic N) is 2. The molecule has 0 aromatic carbocycles. The summed E-state index contributed by atoms with van der Waals surface area (Å²) in [5.41, 5.74) is 0.561. The molecule has 2 aliphatic carbocycles. The highest BCUT2D eigenvalue weighted by Crippen LogP contribution is 2.60. The molecule has 29 heavy (non-hydrogen) atoms. The number of hydrogen-bond acceptors (Lipinski definition) is 5. The van der Waals surface area contributed by atoms with E-state index in [1.54, 1.807) is 0 Å². The first kappa shape index (κ1) is 20.1. The fraction of sp³-hybridized carbons (Fsp3) is 0.636. The van der Waals surface area contributed by atoms with Crippen LogP contribution >= 0.6 is 11.3 Å². The Morgan fingerprint density at radius 3 is 2.72 bits per heavy atom. The predicted octanol–water partition coefficient (Wildman–Crippen LogP) is 3.49. The highest BCUT2D eigenvalue weighted by molar-refractivity contribution is 7.16. The van der Waals surface area contributed by atoms with Crippen molar-refractivity contribution < 1.29 is 14.4 Å². The fourth-order valence-corrected chi connectivity index (χ4v) is 6.70. The number of likely N-dealkylation sites (tertiary alicyclic amines) is 1. The van der Waals surface area contributed by atoms with Crippen molar-refractivity contribution in [3.05, 3.63) is 16.0 Å². The summed E-state index contributed by atoms with van der Waals surface area (Å²) < 4.78 is 0. The summed E-state index contributed by atoms with van der Waals surface area (Å²) in [6.07, 6.45) is 4.16. The molecule has 3 amide bonds. The first-order chi connectivity index (χ1) is 13.6. The molecule has 0 radical (unpaired) electrons. The van der Waals surface area contributed by atoms with E-state index >= 15 is 0 Å². The van der Waals surface area contributed by atoms with Gasteiger partial charge in [-0.2, -0.15) is 5.26 Å². The lowest BCUT2D eigenvalue weighted by Crippen LogP contribution is -2.60. The lowest BCUT2D eigenvalue weighted by atomic mass is 9.62. The smallest absolute Gasteiger partial charge is 0.245 e. The van der Waals surface area contributed by atoms with Crippen molar-refractivity contribution in [2.75, 3.05) is 11.9 Å². The minimum atomic E-state index is -0.623. The van der Waals surface area contributed by atoms with Gasteiger partial charge in [0.25, 0.3) is 0 Å². The average Bonchev–Trinajstić information content (AvgIpc) is 3.08. The van der Waals surface area contributed by atoms with Gasteiger partial charge in [-0.1, -0.05) is 27.7 Å². The number of fused-ring (bicyclic) bond motifs is 3. The van der Waals surface area contributed by atoms with Crippen molar-refractivity contribution in [2.45, 2.75) is 59.8 Å². The van der Waals surface area contributed by atoms with Gasteiger partial charge in [-0.15, -0.1) is 11.3 Å². The van der Waals surface area contributed by atoms with E-state index in [1.807, 2.05) is 20.8 Å². The molecule has 2 bridgehead atoms. The maximum Gasteiger partial charge on any atom is 0.245 e. The number of rotatable bonds is 3. The van der Waals surface area contributed by atoms with E-state index < -0.39 is 16.7 Å². The Hall–Kier alpha value is -2.20. The number of amides is 3. The maximum atomic E-state index is 13.1. The van der Waals surface area contributed by atoms with Gasteiger partial charge in [-0.05, 0) is 49.0 Å². The van der Waals surface area contributed by atoms with E-state index in [1.165, 1.54) is 11.3 Å². The number of anilines is 1. The van der Waals surface area contributed by atoms with Crippen molar-refractivity contribution in [3.63, 3.8) is 0 Å². The highest BCUT2D eigenvalue weighted by atomic mass is 32.1. The van der Waals surface area contributed by atoms with E-state index in [0.29, 0.717) is 29.3 Å². The number of piperidine rings is 1. The molecule has 3 unspecified atom stereocenters. The summed E-state index contributed by atoms with van der Waals surface area (Å²) in [5.74, 6) is -0.582. The molecule has 1 aromatic rings. The van der Waals surface area contributed by atoms with Gasteiger partial charge in [0.05, 0.1) is 11.0 Å². The van der Waals surface area contributed by atoms with Crippen LogP contribution in [0.15, 0.2) is 0 Å². The van der Waals surface area contributed by atoms with Crippen LogP contribution in [0.2, 0.25) is 0 Å². The fourth-order valence-electron chi connectivity index (χ4n) is 5.32. The molecule has 0 spiro atoms. The largest absolute Gasteiger partial charge is 0.315 e. The Labute approximate surface area is 175 Å². The summed E-state index contributed by atoms with van der Waals surface area (Å²) in [6.45, 7) is 7.78. The zero-order valence-electron chi connectivity index (χ0n) is 17.4. The molecular weight excluding hydrogens is 386 g/mol. The molecule has 1 saturated heterocycles. The molecule has 1 aliphatic heterocycles. The highest BCUT2D eigenvalue weighted by Gasteiger charge is 2.64. The van der Waals surface area contributed by atoms with Gasteiger partial charge in [0.2, 0.25) is 17.7 Å². The lowest BCUT2D eigenvalue weighted by Gasteiger charge is -2.47. The molecule has 154 valence electrons. The molecule has 3 atom stereocenters. The lowest BCUT2D eigenvalue weighted by molar-refractivity contribution is -0.168. The molecule has 6 nitrogen and oxygen atoms in total. The number of carbonyl (C=O) groups is 3. The number of imide groups is 1.